The van der Waals surface area contributed by atoms with Crippen molar-refractivity contribution in [3.8, 4) is 0 Å². The molecule has 25 heavy (non-hydrogen) atoms. The van der Waals surface area contributed by atoms with Gasteiger partial charge in [0.1, 0.15) is 5.70 Å². The van der Waals surface area contributed by atoms with Gasteiger partial charge < -0.3 is 26.2 Å². The van der Waals surface area contributed by atoms with E-state index < -0.39 is 24.0 Å². The number of carboxylic acid groups (broad SMARTS) is 1. The van der Waals surface area contributed by atoms with Crippen LogP contribution in [0.15, 0.2) is 30.0 Å². The normalized spacial score (nSPS) is 23.1. The topological polar surface area (TPSA) is 133 Å². The summed E-state index contributed by atoms with van der Waals surface area (Å²) in [7, 11) is 0. The highest BCUT2D eigenvalue weighted by Crippen LogP contribution is 2.46. The van der Waals surface area contributed by atoms with Crippen LogP contribution >= 0.6 is 0 Å². The van der Waals surface area contributed by atoms with Crippen molar-refractivity contribution in [3.05, 3.63) is 41.1 Å². The summed E-state index contributed by atoms with van der Waals surface area (Å²) in [5.41, 5.74) is 7.02. The molecule has 2 heterocycles. The van der Waals surface area contributed by atoms with Gasteiger partial charge in [-0.2, -0.15) is 0 Å². The van der Waals surface area contributed by atoms with Crippen molar-refractivity contribution in [2.24, 2.45) is 11.7 Å². The minimum Gasteiger partial charge on any atom is -0.477 e. The number of aliphatic hydroxyl groups is 1. The SMILES string of the molecule is C[C@@H](O)[C@H]1C(=O)N2C(C(=O)O)=C(c3cccc(CNC(N)=O)c3)C[C@H]12. The molecule has 0 bridgehead atoms. The Morgan fingerprint density at radius 3 is 2.76 bits per heavy atom. The summed E-state index contributed by atoms with van der Waals surface area (Å²) in [4.78, 5) is 36.0. The third-order valence-corrected chi connectivity index (χ3v) is 4.67. The number of hydrogen-bond acceptors (Lipinski definition) is 4. The molecule has 1 fully saturated rings. The van der Waals surface area contributed by atoms with Gasteiger partial charge in [-0.1, -0.05) is 18.2 Å². The Labute approximate surface area is 143 Å². The molecule has 3 amide bonds. The number of hydrogen-bond donors (Lipinski definition) is 4. The van der Waals surface area contributed by atoms with Gasteiger partial charge in [0.2, 0.25) is 5.91 Å². The molecule has 2 aliphatic heterocycles. The second-order valence-corrected chi connectivity index (χ2v) is 6.30. The highest BCUT2D eigenvalue weighted by molar-refractivity contribution is 6.06. The number of carboxylic acids is 1. The third-order valence-electron chi connectivity index (χ3n) is 4.67. The Morgan fingerprint density at radius 1 is 1.44 bits per heavy atom. The zero-order chi connectivity index (χ0) is 18.3. The summed E-state index contributed by atoms with van der Waals surface area (Å²) >= 11 is 0. The smallest absolute Gasteiger partial charge is 0.352 e. The molecule has 8 nitrogen and oxygen atoms in total. The minimum absolute atomic E-state index is 0.0353. The quantitative estimate of drug-likeness (QED) is 0.568. The first-order chi connectivity index (χ1) is 11.8. The van der Waals surface area contributed by atoms with Gasteiger partial charge >= 0.3 is 12.0 Å². The van der Waals surface area contributed by atoms with Crippen molar-refractivity contribution in [2.45, 2.75) is 32.0 Å². The van der Waals surface area contributed by atoms with Gasteiger partial charge in [0.25, 0.3) is 0 Å². The van der Waals surface area contributed by atoms with Crippen LogP contribution in [0.25, 0.3) is 5.57 Å². The van der Waals surface area contributed by atoms with Crippen molar-refractivity contribution in [1.29, 1.82) is 0 Å². The predicted molar refractivity (Wildman–Crippen MR) is 87.8 cm³/mol. The van der Waals surface area contributed by atoms with E-state index in [-0.39, 0.29) is 24.2 Å². The van der Waals surface area contributed by atoms with Crippen LogP contribution in [-0.4, -0.2) is 45.2 Å². The monoisotopic (exact) mass is 345 g/mol. The molecule has 0 aromatic heterocycles. The number of rotatable bonds is 5. The molecule has 0 saturated carbocycles. The van der Waals surface area contributed by atoms with Crippen molar-refractivity contribution in [1.82, 2.24) is 10.2 Å². The maximum Gasteiger partial charge on any atom is 0.352 e. The largest absolute Gasteiger partial charge is 0.477 e. The van der Waals surface area contributed by atoms with Crippen molar-refractivity contribution >= 4 is 23.5 Å². The molecule has 3 rings (SSSR count). The number of amides is 3. The lowest BCUT2D eigenvalue weighted by atomic mass is 9.82. The van der Waals surface area contributed by atoms with Gasteiger partial charge in [-0.05, 0) is 36.1 Å². The van der Waals surface area contributed by atoms with Crippen LogP contribution in [0.5, 0.6) is 0 Å². The van der Waals surface area contributed by atoms with E-state index in [0.717, 1.165) is 5.56 Å². The maximum atomic E-state index is 12.2. The molecule has 1 saturated heterocycles. The van der Waals surface area contributed by atoms with Crippen molar-refractivity contribution < 1.29 is 24.6 Å². The van der Waals surface area contributed by atoms with E-state index in [2.05, 4.69) is 5.32 Å². The van der Waals surface area contributed by atoms with Crippen LogP contribution in [0.3, 0.4) is 0 Å². The lowest BCUT2D eigenvalue weighted by molar-refractivity contribution is -0.161. The highest BCUT2D eigenvalue weighted by Gasteiger charge is 2.56. The van der Waals surface area contributed by atoms with Gasteiger partial charge in [0.15, 0.2) is 0 Å². The van der Waals surface area contributed by atoms with Crippen molar-refractivity contribution in [3.63, 3.8) is 0 Å². The summed E-state index contributed by atoms with van der Waals surface area (Å²) in [5.74, 6) is -2.11. The second kappa shape index (κ2) is 6.21. The zero-order valence-electron chi connectivity index (χ0n) is 13.6. The Hall–Kier alpha value is -2.87. The van der Waals surface area contributed by atoms with Crippen LogP contribution in [0.2, 0.25) is 0 Å². The average molecular weight is 345 g/mol. The Morgan fingerprint density at radius 2 is 2.16 bits per heavy atom. The van der Waals surface area contributed by atoms with Gasteiger partial charge in [-0.25, -0.2) is 9.59 Å². The number of aliphatic carboxylic acids is 1. The van der Waals surface area contributed by atoms with E-state index in [0.29, 0.717) is 17.6 Å². The number of primary amides is 1. The number of carbonyl (C=O) groups is 3. The Bertz CT molecular complexity index is 786. The molecule has 0 aliphatic carbocycles. The number of nitrogens with one attached hydrogen (secondary N) is 1. The number of benzene rings is 1. The van der Waals surface area contributed by atoms with Crippen LogP contribution < -0.4 is 11.1 Å². The standard InChI is InChI=1S/C17H19N3O5/c1-8(21)13-12-6-11(14(16(23)24)20(12)15(13)22)10-4-2-3-9(5-10)7-19-17(18)25/h2-5,8,12-13,21H,6-7H2,1H3,(H,23,24)(H3,18,19,25)/t8-,12-,13-/m1/s1. The van der Waals surface area contributed by atoms with E-state index in [1.807, 2.05) is 0 Å². The summed E-state index contributed by atoms with van der Waals surface area (Å²) < 4.78 is 0. The average Bonchev–Trinajstić information content (AvgIpc) is 2.88. The van der Waals surface area contributed by atoms with E-state index in [4.69, 9.17) is 5.73 Å². The maximum absolute atomic E-state index is 12.2. The summed E-state index contributed by atoms with van der Waals surface area (Å²) in [5, 5.41) is 21.8. The Balaban J connectivity index is 1.94. The first-order valence-electron chi connectivity index (χ1n) is 7.91. The fourth-order valence-corrected chi connectivity index (χ4v) is 3.59. The predicted octanol–water partition coefficient (Wildman–Crippen LogP) is 0.262. The lowest BCUT2D eigenvalue weighted by Crippen LogP contribution is -2.61. The number of aliphatic hydroxyl groups excluding tert-OH is 1. The lowest BCUT2D eigenvalue weighted by Gasteiger charge is -2.44. The van der Waals surface area contributed by atoms with Crippen LogP contribution in [0.1, 0.15) is 24.5 Å². The molecule has 0 unspecified atom stereocenters. The van der Waals surface area contributed by atoms with E-state index in [1.165, 1.54) is 11.8 Å². The first kappa shape index (κ1) is 17.0. The molecule has 3 atom stereocenters. The molecule has 0 spiro atoms. The van der Waals surface area contributed by atoms with Gasteiger partial charge in [-0.3, -0.25) is 4.79 Å². The van der Waals surface area contributed by atoms with Gasteiger partial charge in [0.05, 0.1) is 18.1 Å². The fourth-order valence-electron chi connectivity index (χ4n) is 3.59. The molecular formula is C17H19N3O5. The zero-order valence-corrected chi connectivity index (χ0v) is 13.6. The molecule has 8 heteroatoms. The summed E-state index contributed by atoms with van der Waals surface area (Å²) in [6.07, 6.45) is -0.454. The fraction of sp³-hybridized carbons (Fsp3) is 0.353. The van der Waals surface area contributed by atoms with Gasteiger partial charge in [-0.15, -0.1) is 0 Å². The number of nitrogens with zero attached hydrogens (tertiary/aromatic N) is 1. The molecular weight excluding hydrogens is 326 g/mol. The molecule has 1 aromatic carbocycles. The van der Waals surface area contributed by atoms with Crippen LogP contribution in [0, 0.1) is 5.92 Å². The van der Waals surface area contributed by atoms with Crippen molar-refractivity contribution in [2.75, 3.05) is 0 Å². The molecule has 5 N–H and O–H groups in total. The number of urea groups is 1. The van der Waals surface area contributed by atoms with Gasteiger partial charge in [0, 0.05) is 6.54 Å². The molecule has 1 aromatic rings. The summed E-state index contributed by atoms with van der Waals surface area (Å²) in [6, 6.07) is 6.09. The molecule has 132 valence electrons. The highest BCUT2D eigenvalue weighted by atomic mass is 16.4. The minimum atomic E-state index is -1.17. The number of β-lactam (4-membered cyclic amide) rings is 1. The van der Waals surface area contributed by atoms with E-state index in [9.17, 15) is 24.6 Å². The Kier molecular flexibility index (Phi) is 4.22. The first-order valence-corrected chi connectivity index (χ1v) is 7.91. The second-order valence-electron chi connectivity index (χ2n) is 6.30. The van der Waals surface area contributed by atoms with E-state index in [1.54, 1.807) is 24.3 Å². The molecule has 2 aliphatic rings. The number of nitrogens with two attached hydrogens (primary N) is 1. The number of carbonyl (C=O) groups excluding carboxylic acids is 2. The summed E-state index contributed by atoms with van der Waals surface area (Å²) in [6.45, 7) is 1.76. The molecule has 0 radical (unpaired) electrons. The number of fused-ring (bicyclic) bond motifs is 1. The third kappa shape index (κ3) is 2.85. The van der Waals surface area contributed by atoms with E-state index >= 15 is 0 Å². The van der Waals surface area contributed by atoms with Crippen LogP contribution in [0.4, 0.5) is 4.79 Å². The van der Waals surface area contributed by atoms with Crippen LogP contribution in [-0.2, 0) is 16.1 Å².